The third-order valence-electron chi connectivity index (χ3n) is 4.89. The van der Waals surface area contributed by atoms with Gasteiger partial charge in [0.1, 0.15) is 11.6 Å². The normalized spacial score (nSPS) is 17.6. The van der Waals surface area contributed by atoms with E-state index in [1.54, 1.807) is 0 Å². The number of hydrogen-bond acceptors (Lipinski definition) is 3. The highest BCUT2D eigenvalue weighted by atomic mass is 15.0. The summed E-state index contributed by atoms with van der Waals surface area (Å²) >= 11 is 0. The summed E-state index contributed by atoms with van der Waals surface area (Å²) in [5, 5.41) is 0. The number of benzene rings is 1. The van der Waals surface area contributed by atoms with E-state index >= 15 is 0 Å². The zero-order chi connectivity index (χ0) is 14.9. The van der Waals surface area contributed by atoms with Crippen molar-refractivity contribution in [3.05, 3.63) is 53.0 Å². The van der Waals surface area contributed by atoms with Crippen molar-refractivity contribution in [1.29, 1.82) is 0 Å². The summed E-state index contributed by atoms with van der Waals surface area (Å²) < 4.78 is 0. The molecule has 0 spiro atoms. The molecule has 21 heavy (non-hydrogen) atoms. The zero-order valence-corrected chi connectivity index (χ0v) is 12.9. The van der Waals surface area contributed by atoms with Crippen LogP contribution < -0.4 is 5.73 Å². The molecule has 0 atom stereocenters. The Balaban J connectivity index is 2.17. The predicted molar refractivity (Wildman–Crippen MR) is 86.2 cm³/mol. The molecule has 3 nitrogen and oxygen atoms in total. The molecule has 2 N–H and O–H groups in total. The van der Waals surface area contributed by atoms with Crippen LogP contribution in [-0.4, -0.2) is 9.97 Å². The lowest BCUT2D eigenvalue weighted by Crippen LogP contribution is -2.33. The second-order valence-electron chi connectivity index (χ2n) is 6.15. The first kappa shape index (κ1) is 14.1. The summed E-state index contributed by atoms with van der Waals surface area (Å²) in [5.74, 6) is 1.53. The Bertz CT molecular complexity index is 605. The van der Waals surface area contributed by atoms with Crippen LogP contribution in [0.1, 0.15) is 54.7 Å². The van der Waals surface area contributed by atoms with Crippen molar-refractivity contribution in [2.45, 2.75) is 51.4 Å². The largest absolute Gasteiger partial charge is 0.383 e. The second-order valence-corrected chi connectivity index (χ2v) is 6.15. The van der Waals surface area contributed by atoms with Gasteiger partial charge in [0.05, 0.1) is 5.41 Å². The first-order valence-corrected chi connectivity index (χ1v) is 7.80. The smallest absolute Gasteiger partial charge is 0.141 e. The van der Waals surface area contributed by atoms with E-state index in [2.05, 4.69) is 35.3 Å². The lowest BCUT2D eigenvalue weighted by atomic mass is 9.68. The van der Waals surface area contributed by atoms with Gasteiger partial charge in [-0.2, -0.15) is 0 Å². The van der Waals surface area contributed by atoms with Crippen LogP contribution in [0, 0.1) is 13.8 Å². The minimum atomic E-state index is -0.0634. The molecule has 1 aromatic heterocycles. The van der Waals surface area contributed by atoms with Gasteiger partial charge < -0.3 is 5.73 Å². The van der Waals surface area contributed by atoms with Gasteiger partial charge in [-0.1, -0.05) is 49.6 Å². The van der Waals surface area contributed by atoms with Gasteiger partial charge in [0.2, 0.25) is 0 Å². The summed E-state index contributed by atoms with van der Waals surface area (Å²) in [5.41, 5.74) is 9.37. The quantitative estimate of drug-likeness (QED) is 0.907. The molecular formula is C18H23N3. The average Bonchev–Trinajstić information content (AvgIpc) is 2.53. The molecule has 0 saturated heterocycles. The van der Waals surface area contributed by atoms with Crippen LogP contribution in [0.15, 0.2) is 30.3 Å². The van der Waals surface area contributed by atoms with E-state index in [1.165, 1.54) is 24.8 Å². The topological polar surface area (TPSA) is 51.8 Å². The van der Waals surface area contributed by atoms with E-state index in [0.29, 0.717) is 5.82 Å². The van der Waals surface area contributed by atoms with Crippen LogP contribution in [0.5, 0.6) is 0 Å². The van der Waals surface area contributed by atoms with Crippen molar-refractivity contribution in [3.8, 4) is 0 Å². The molecular weight excluding hydrogens is 258 g/mol. The molecule has 2 aromatic rings. The van der Waals surface area contributed by atoms with Crippen molar-refractivity contribution in [2.24, 2.45) is 0 Å². The zero-order valence-electron chi connectivity index (χ0n) is 12.9. The molecule has 0 unspecified atom stereocenters. The lowest BCUT2D eigenvalue weighted by molar-refractivity contribution is 0.330. The third kappa shape index (κ3) is 2.41. The molecule has 1 aliphatic rings. The Labute approximate surface area is 126 Å². The molecule has 0 radical (unpaired) electrons. The molecule has 3 heteroatoms. The number of rotatable bonds is 2. The van der Waals surface area contributed by atoms with E-state index in [1.807, 2.05) is 13.8 Å². The van der Waals surface area contributed by atoms with E-state index in [-0.39, 0.29) is 5.41 Å². The van der Waals surface area contributed by atoms with Crippen LogP contribution in [0.2, 0.25) is 0 Å². The molecule has 0 bridgehead atoms. The molecule has 1 heterocycles. The molecule has 1 aliphatic carbocycles. The van der Waals surface area contributed by atoms with Gasteiger partial charge in [0.15, 0.2) is 0 Å². The molecule has 0 aliphatic heterocycles. The maximum atomic E-state index is 6.11. The van der Waals surface area contributed by atoms with Crippen molar-refractivity contribution in [2.75, 3.05) is 5.73 Å². The molecule has 110 valence electrons. The van der Waals surface area contributed by atoms with E-state index in [4.69, 9.17) is 10.7 Å². The number of nitrogens with zero attached hydrogens (tertiary/aromatic N) is 2. The Morgan fingerprint density at radius 3 is 2.24 bits per heavy atom. The minimum absolute atomic E-state index is 0.0634. The second kappa shape index (κ2) is 5.47. The van der Waals surface area contributed by atoms with Crippen molar-refractivity contribution >= 4 is 5.82 Å². The summed E-state index contributed by atoms with van der Waals surface area (Å²) in [6, 6.07) is 10.7. The number of aryl methyl sites for hydroxylation is 1. The maximum absolute atomic E-state index is 6.11. The van der Waals surface area contributed by atoms with Gasteiger partial charge in [0, 0.05) is 11.3 Å². The number of nitrogen functional groups attached to an aromatic ring is 1. The molecule has 3 rings (SSSR count). The number of aromatic nitrogens is 2. The van der Waals surface area contributed by atoms with Gasteiger partial charge >= 0.3 is 0 Å². The summed E-state index contributed by atoms with van der Waals surface area (Å²) in [4.78, 5) is 9.49. The maximum Gasteiger partial charge on any atom is 0.141 e. The van der Waals surface area contributed by atoms with Gasteiger partial charge in [-0.3, -0.25) is 0 Å². The Hall–Kier alpha value is -1.90. The fourth-order valence-corrected chi connectivity index (χ4v) is 3.42. The van der Waals surface area contributed by atoms with Gasteiger partial charge in [-0.15, -0.1) is 0 Å². The SMILES string of the molecule is Cc1nc(C2(c3ccccc3)CCCCC2)nc(N)c1C. The third-order valence-corrected chi connectivity index (χ3v) is 4.89. The van der Waals surface area contributed by atoms with Gasteiger partial charge in [-0.05, 0) is 32.3 Å². The van der Waals surface area contributed by atoms with Crippen molar-refractivity contribution in [1.82, 2.24) is 9.97 Å². The molecule has 0 amide bonds. The highest BCUT2D eigenvalue weighted by Crippen LogP contribution is 2.43. The predicted octanol–water partition coefficient (Wildman–Crippen LogP) is 3.93. The van der Waals surface area contributed by atoms with Crippen LogP contribution in [0.3, 0.4) is 0 Å². The Morgan fingerprint density at radius 2 is 1.62 bits per heavy atom. The Kier molecular flexibility index (Phi) is 3.66. The van der Waals surface area contributed by atoms with E-state index in [9.17, 15) is 0 Å². The summed E-state index contributed by atoms with van der Waals surface area (Å²) in [7, 11) is 0. The van der Waals surface area contributed by atoms with E-state index < -0.39 is 0 Å². The van der Waals surface area contributed by atoms with Gasteiger partial charge in [-0.25, -0.2) is 9.97 Å². The van der Waals surface area contributed by atoms with Gasteiger partial charge in [0.25, 0.3) is 0 Å². The van der Waals surface area contributed by atoms with Crippen molar-refractivity contribution in [3.63, 3.8) is 0 Å². The minimum Gasteiger partial charge on any atom is -0.383 e. The summed E-state index contributed by atoms with van der Waals surface area (Å²) in [6.45, 7) is 4.02. The first-order valence-electron chi connectivity index (χ1n) is 7.80. The van der Waals surface area contributed by atoms with E-state index in [0.717, 1.165) is 29.9 Å². The first-order chi connectivity index (χ1) is 10.1. The van der Waals surface area contributed by atoms with Crippen LogP contribution in [0.4, 0.5) is 5.82 Å². The lowest BCUT2D eigenvalue weighted by Gasteiger charge is -2.36. The van der Waals surface area contributed by atoms with Crippen molar-refractivity contribution < 1.29 is 0 Å². The fourth-order valence-electron chi connectivity index (χ4n) is 3.42. The highest BCUT2D eigenvalue weighted by molar-refractivity contribution is 5.44. The fraction of sp³-hybridized carbons (Fsp3) is 0.444. The number of anilines is 1. The average molecular weight is 281 g/mol. The Morgan fingerprint density at radius 1 is 0.952 bits per heavy atom. The van der Waals surface area contributed by atoms with Crippen LogP contribution in [-0.2, 0) is 5.41 Å². The van der Waals surface area contributed by atoms with Crippen LogP contribution >= 0.6 is 0 Å². The standard InChI is InChI=1S/C18H23N3/c1-13-14(2)20-17(21-16(13)19)18(11-7-4-8-12-18)15-9-5-3-6-10-15/h3,5-6,9-10H,4,7-8,11-12H2,1-2H3,(H2,19,20,21). The highest BCUT2D eigenvalue weighted by Gasteiger charge is 2.38. The summed E-state index contributed by atoms with van der Waals surface area (Å²) in [6.07, 6.45) is 5.98. The number of hydrogen-bond donors (Lipinski definition) is 1. The monoisotopic (exact) mass is 281 g/mol. The molecule has 1 aromatic carbocycles. The number of nitrogens with two attached hydrogens (primary N) is 1. The molecule has 1 fully saturated rings. The molecule has 1 saturated carbocycles. The van der Waals surface area contributed by atoms with Crippen LogP contribution in [0.25, 0.3) is 0 Å².